The summed E-state index contributed by atoms with van der Waals surface area (Å²) in [5, 5.41) is 14.9. The van der Waals surface area contributed by atoms with Crippen molar-refractivity contribution in [3.8, 4) is 0 Å². The molecule has 0 spiro atoms. The van der Waals surface area contributed by atoms with Gasteiger partial charge in [-0.15, -0.1) is 0 Å². The molecule has 0 aliphatic carbocycles. The zero-order valence-corrected chi connectivity index (χ0v) is 9.59. The van der Waals surface area contributed by atoms with Crippen molar-refractivity contribution in [2.24, 2.45) is 7.05 Å². The monoisotopic (exact) mass is 251 g/mol. The molecule has 0 amide bonds. The molecule has 4 nitrogen and oxygen atoms in total. The number of aryl methyl sites for hydroxylation is 1. The minimum absolute atomic E-state index is 0.0996. The van der Waals surface area contributed by atoms with E-state index in [1.54, 1.807) is 0 Å². The summed E-state index contributed by atoms with van der Waals surface area (Å²) in [6.45, 7) is 0.809. The maximum Gasteiger partial charge on any atom is 0.435 e. The van der Waals surface area contributed by atoms with Gasteiger partial charge in [-0.25, -0.2) is 0 Å². The average molecular weight is 251 g/mol. The molecule has 0 bridgehead atoms. The van der Waals surface area contributed by atoms with E-state index in [-0.39, 0.29) is 18.7 Å². The van der Waals surface area contributed by atoms with Crippen LogP contribution in [0.4, 0.5) is 13.2 Å². The van der Waals surface area contributed by atoms with Gasteiger partial charge in [-0.2, -0.15) is 18.3 Å². The predicted molar refractivity (Wildman–Crippen MR) is 56.2 cm³/mol. The summed E-state index contributed by atoms with van der Waals surface area (Å²) in [7, 11) is 1.46. The second kappa shape index (κ2) is 6.02. The van der Waals surface area contributed by atoms with Gasteiger partial charge in [-0.05, 0) is 19.4 Å². The Labute approximate surface area is 97.4 Å². The van der Waals surface area contributed by atoms with Gasteiger partial charge in [0.05, 0.1) is 0 Å². The van der Waals surface area contributed by atoms with Crippen molar-refractivity contribution in [2.75, 3.05) is 13.2 Å². The lowest BCUT2D eigenvalue weighted by Crippen LogP contribution is -2.18. The Balaban J connectivity index is 2.53. The SMILES string of the molecule is Cn1cc(CNCCCCO)c(C(F)(F)F)n1. The van der Waals surface area contributed by atoms with Crippen molar-refractivity contribution in [3.05, 3.63) is 17.5 Å². The van der Waals surface area contributed by atoms with Gasteiger partial charge in [0, 0.05) is 32.0 Å². The normalized spacial score (nSPS) is 12.1. The number of hydrogen-bond acceptors (Lipinski definition) is 3. The first-order chi connectivity index (χ1) is 7.95. The van der Waals surface area contributed by atoms with Gasteiger partial charge in [0.25, 0.3) is 0 Å². The van der Waals surface area contributed by atoms with Crippen LogP contribution in [-0.2, 0) is 19.8 Å². The third-order valence-corrected chi connectivity index (χ3v) is 2.25. The molecular weight excluding hydrogens is 235 g/mol. The van der Waals surface area contributed by atoms with E-state index < -0.39 is 11.9 Å². The Morgan fingerprint density at radius 1 is 1.41 bits per heavy atom. The van der Waals surface area contributed by atoms with Gasteiger partial charge < -0.3 is 10.4 Å². The molecule has 0 aliphatic rings. The molecule has 0 aromatic carbocycles. The van der Waals surface area contributed by atoms with Crippen LogP contribution in [0.5, 0.6) is 0 Å². The van der Waals surface area contributed by atoms with Crippen LogP contribution in [0, 0.1) is 0 Å². The van der Waals surface area contributed by atoms with Crippen molar-refractivity contribution in [3.63, 3.8) is 0 Å². The van der Waals surface area contributed by atoms with E-state index in [0.29, 0.717) is 13.0 Å². The van der Waals surface area contributed by atoms with Crippen molar-refractivity contribution < 1.29 is 18.3 Å². The Hall–Kier alpha value is -1.08. The molecule has 1 rings (SSSR count). The fourth-order valence-corrected chi connectivity index (χ4v) is 1.49. The van der Waals surface area contributed by atoms with Gasteiger partial charge in [0.1, 0.15) is 0 Å². The summed E-state index contributed by atoms with van der Waals surface area (Å²) in [4.78, 5) is 0. The average Bonchev–Trinajstić information content (AvgIpc) is 2.59. The molecule has 1 heterocycles. The minimum atomic E-state index is -4.41. The molecule has 0 saturated heterocycles. The molecule has 1 aromatic rings. The third-order valence-electron chi connectivity index (χ3n) is 2.25. The maximum atomic E-state index is 12.6. The summed E-state index contributed by atoms with van der Waals surface area (Å²) in [5.41, 5.74) is -0.696. The van der Waals surface area contributed by atoms with E-state index in [9.17, 15) is 13.2 Å². The van der Waals surface area contributed by atoms with E-state index in [4.69, 9.17) is 5.11 Å². The number of halogens is 3. The van der Waals surface area contributed by atoms with Crippen LogP contribution in [0.25, 0.3) is 0 Å². The minimum Gasteiger partial charge on any atom is -0.396 e. The zero-order chi connectivity index (χ0) is 12.9. The van der Waals surface area contributed by atoms with Crippen LogP contribution in [0.1, 0.15) is 24.1 Å². The summed E-state index contributed by atoms with van der Waals surface area (Å²) in [6, 6.07) is 0. The summed E-state index contributed by atoms with van der Waals surface area (Å²) < 4.78 is 38.8. The first kappa shape index (κ1) is 14.0. The standard InChI is InChI=1S/C10H16F3N3O/c1-16-7-8(6-14-4-2-3-5-17)9(15-16)10(11,12)13/h7,14,17H,2-6H2,1H3. The zero-order valence-electron chi connectivity index (χ0n) is 9.59. The van der Waals surface area contributed by atoms with E-state index in [1.165, 1.54) is 13.2 Å². The van der Waals surface area contributed by atoms with E-state index in [2.05, 4.69) is 10.4 Å². The largest absolute Gasteiger partial charge is 0.435 e. The number of hydrogen-bond donors (Lipinski definition) is 2. The number of aliphatic hydroxyl groups is 1. The first-order valence-electron chi connectivity index (χ1n) is 5.36. The lowest BCUT2D eigenvalue weighted by Gasteiger charge is -2.07. The quantitative estimate of drug-likeness (QED) is 0.749. The Bertz CT molecular complexity index is 349. The molecule has 7 heteroatoms. The highest BCUT2D eigenvalue weighted by Crippen LogP contribution is 2.30. The Morgan fingerprint density at radius 2 is 2.12 bits per heavy atom. The fourth-order valence-electron chi connectivity index (χ4n) is 1.49. The number of rotatable bonds is 6. The number of nitrogens with one attached hydrogen (secondary N) is 1. The van der Waals surface area contributed by atoms with Crippen molar-refractivity contribution in [1.29, 1.82) is 0 Å². The lowest BCUT2D eigenvalue weighted by atomic mass is 10.2. The smallest absolute Gasteiger partial charge is 0.396 e. The molecule has 17 heavy (non-hydrogen) atoms. The van der Waals surface area contributed by atoms with Crippen molar-refractivity contribution >= 4 is 0 Å². The number of alkyl halides is 3. The lowest BCUT2D eigenvalue weighted by molar-refractivity contribution is -0.142. The molecule has 98 valence electrons. The molecule has 0 aliphatic heterocycles. The van der Waals surface area contributed by atoms with Crippen LogP contribution < -0.4 is 5.32 Å². The highest BCUT2D eigenvalue weighted by Gasteiger charge is 2.36. The fraction of sp³-hybridized carbons (Fsp3) is 0.700. The third kappa shape index (κ3) is 4.35. The summed E-state index contributed by atoms with van der Waals surface area (Å²) >= 11 is 0. The number of aliphatic hydroxyl groups excluding tert-OH is 1. The van der Waals surface area contributed by atoms with Crippen molar-refractivity contribution in [2.45, 2.75) is 25.6 Å². The number of nitrogens with zero attached hydrogens (tertiary/aromatic N) is 2. The molecule has 0 fully saturated rings. The molecule has 0 unspecified atom stereocenters. The molecular formula is C10H16F3N3O. The van der Waals surface area contributed by atoms with Gasteiger partial charge in [-0.3, -0.25) is 4.68 Å². The highest BCUT2D eigenvalue weighted by atomic mass is 19.4. The summed E-state index contributed by atoms with van der Waals surface area (Å²) in [5.74, 6) is 0. The second-order valence-electron chi connectivity index (χ2n) is 3.78. The molecule has 0 saturated carbocycles. The maximum absolute atomic E-state index is 12.6. The number of unbranched alkanes of at least 4 members (excludes halogenated alkanes) is 1. The van der Waals surface area contributed by atoms with Crippen LogP contribution in [0.3, 0.4) is 0 Å². The van der Waals surface area contributed by atoms with Gasteiger partial charge in [0.2, 0.25) is 0 Å². The van der Waals surface area contributed by atoms with E-state index in [1.807, 2.05) is 0 Å². The first-order valence-corrected chi connectivity index (χ1v) is 5.36. The van der Waals surface area contributed by atoms with Gasteiger partial charge in [0.15, 0.2) is 5.69 Å². The van der Waals surface area contributed by atoms with Crippen LogP contribution >= 0.6 is 0 Å². The van der Waals surface area contributed by atoms with Gasteiger partial charge >= 0.3 is 6.18 Å². The van der Waals surface area contributed by atoms with Gasteiger partial charge in [-0.1, -0.05) is 0 Å². The summed E-state index contributed by atoms with van der Waals surface area (Å²) in [6.07, 6.45) is -1.67. The Kier molecular flexibility index (Phi) is 4.95. The molecule has 0 radical (unpaired) electrons. The van der Waals surface area contributed by atoms with E-state index >= 15 is 0 Å². The van der Waals surface area contributed by atoms with Crippen LogP contribution in [0.2, 0.25) is 0 Å². The number of aromatic nitrogens is 2. The van der Waals surface area contributed by atoms with Crippen LogP contribution in [0.15, 0.2) is 6.20 Å². The topological polar surface area (TPSA) is 50.1 Å². The van der Waals surface area contributed by atoms with Crippen molar-refractivity contribution in [1.82, 2.24) is 15.1 Å². The molecule has 2 N–H and O–H groups in total. The molecule has 1 aromatic heterocycles. The highest BCUT2D eigenvalue weighted by molar-refractivity contribution is 5.19. The molecule has 0 atom stereocenters. The second-order valence-corrected chi connectivity index (χ2v) is 3.78. The Morgan fingerprint density at radius 3 is 2.71 bits per heavy atom. The van der Waals surface area contributed by atoms with Crippen LogP contribution in [-0.4, -0.2) is 28.0 Å². The predicted octanol–water partition coefficient (Wildman–Crippen LogP) is 1.30. The van der Waals surface area contributed by atoms with E-state index in [0.717, 1.165) is 11.1 Å².